The number of hydrogen-bond donors (Lipinski definition) is 1. The molecule has 1 N–H and O–H groups in total. The van der Waals surface area contributed by atoms with Crippen LogP contribution >= 0.6 is 11.8 Å². The monoisotopic (exact) mass is 239 g/mol. The molecule has 1 atom stereocenters. The maximum Gasteiger partial charge on any atom is 0.354 e. The third kappa shape index (κ3) is 3.85. The van der Waals surface area contributed by atoms with Gasteiger partial charge >= 0.3 is 5.97 Å². The Morgan fingerprint density at radius 2 is 2.19 bits per heavy atom. The number of pyridine rings is 1. The summed E-state index contributed by atoms with van der Waals surface area (Å²) >= 11 is 1.84. The SMILES string of the molecule is CC(C)C(C)SCc1ccnc(C(=O)O)c1. The topological polar surface area (TPSA) is 50.2 Å². The minimum atomic E-state index is -0.969. The van der Waals surface area contributed by atoms with Gasteiger partial charge < -0.3 is 5.11 Å². The van der Waals surface area contributed by atoms with E-state index < -0.39 is 5.97 Å². The summed E-state index contributed by atoms with van der Waals surface area (Å²) in [6.07, 6.45) is 1.55. The molecule has 0 aliphatic heterocycles. The fourth-order valence-electron chi connectivity index (χ4n) is 1.10. The lowest BCUT2D eigenvalue weighted by Crippen LogP contribution is -2.06. The molecule has 0 radical (unpaired) electrons. The van der Waals surface area contributed by atoms with Crippen molar-refractivity contribution < 1.29 is 9.90 Å². The molecule has 0 aliphatic rings. The molecule has 4 heteroatoms. The van der Waals surface area contributed by atoms with E-state index in [1.54, 1.807) is 12.3 Å². The standard InChI is InChI=1S/C12H17NO2S/c1-8(2)9(3)16-7-10-4-5-13-11(6-10)12(14)15/h4-6,8-9H,7H2,1-3H3,(H,14,15). The van der Waals surface area contributed by atoms with Gasteiger partial charge in [0.05, 0.1) is 0 Å². The van der Waals surface area contributed by atoms with Gasteiger partial charge in [0.15, 0.2) is 0 Å². The summed E-state index contributed by atoms with van der Waals surface area (Å²) in [6.45, 7) is 6.56. The predicted octanol–water partition coefficient (Wildman–Crippen LogP) is 3.06. The van der Waals surface area contributed by atoms with Crippen LogP contribution in [-0.2, 0) is 5.75 Å². The second-order valence-corrected chi connectivity index (χ2v) is 5.48. The summed E-state index contributed by atoms with van der Waals surface area (Å²) in [7, 11) is 0. The van der Waals surface area contributed by atoms with Crippen molar-refractivity contribution in [2.45, 2.75) is 31.8 Å². The fraction of sp³-hybridized carbons (Fsp3) is 0.500. The van der Waals surface area contributed by atoms with E-state index in [2.05, 4.69) is 25.8 Å². The fourth-order valence-corrected chi connectivity index (χ4v) is 2.12. The molecular formula is C12H17NO2S. The summed E-state index contributed by atoms with van der Waals surface area (Å²) < 4.78 is 0. The maximum absolute atomic E-state index is 10.7. The molecule has 0 saturated heterocycles. The van der Waals surface area contributed by atoms with Gasteiger partial charge in [-0.1, -0.05) is 20.8 Å². The first-order valence-corrected chi connectivity index (χ1v) is 6.35. The lowest BCUT2D eigenvalue weighted by molar-refractivity contribution is 0.0690. The van der Waals surface area contributed by atoms with Gasteiger partial charge in [0.25, 0.3) is 0 Å². The Hall–Kier alpha value is -1.03. The van der Waals surface area contributed by atoms with Crippen molar-refractivity contribution in [3.63, 3.8) is 0 Å². The van der Waals surface area contributed by atoms with Gasteiger partial charge in [0.1, 0.15) is 5.69 Å². The highest BCUT2D eigenvalue weighted by Crippen LogP contribution is 2.23. The summed E-state index contributed by atoms with van der Waals surface area (Å²) in [5.74, 6) is 0.497. The van der Waals surface area contributed by atoms with Gasteiger partial charge in [-0.05, 0) is 23.6 Å². The third-order valence-electron chi connectivity index (χ3n) is 2.50. The summed E-state index contributed by atoms with van der Waals surface area (Å²) in [5.41, 5.74) is 1.14. The zero-order valence-electron chi connectivity index (χ0n) is 9.80. The predicted molar refractivity (Wildman–Crippen MR) is 66.8 cm³/mol. The van der Waals surface area contributed by atoms with E-state index in [0.717, 1.165) is 11.3 Å². The number of hydrogen-bond acceptors (Lipinski definition) is 3. The Bertz CT molecular complexity index is 366. The average molecular weight is 239 g/mol. The van der Waals surface area contributed by atoms with Crippen LogP contribution in [-0.4, -0.2) is 21.3 Å². The van der Waals surface area contributed by atoms with Crippen molar-refractivity contribution in [1.29, 1.82) is 0 Å². The van der Waals surface area contributed by atoms with Crippen LogP contribution in [0.3, 0.4) is 0 Å². The van der Waals surface area contributed by atoms with E-state index >= 15 is 0 Å². The summed E-state index contributed by atoms with van der Waals surface area (Å²) in [6, 6.07) is 3.51. The number of thioether (sulfide) groups is 1. The normalized spacial score (nSPS) is 12.8. The zero-order chi connectivity index (χ0) is 12.1. The number of carboxylic acid groups (broad SMARTS) is 1. The van der Waals surface area contributed by atoms with Crippen LogP contribution in [0.15, 0.2) is 18.3 Å². The Labute approximate surface area is 100 Å². The molecule has 0 saturated carbocycles. The van der Waals surface area contributed by atoms with Crippen LogP contribution in [0.1, 0.15) is 36.8 Å². The van der Waals surface area contributed by atoms with Crippen molar-refractivity contribution in [2.24, 2.45) is 5.92 Å². The second-order valence-electron chi connectivity index (χ2n) is 4.11. The molecule has 1 aromatic heterocycles. The zero-order valence-corrected chi connectivity index (χ0v) is 10.6. The van der Waals surface area contributed by atoms with Crippen molar-refractivity contribution in [3.05, 3.63) is 29.6 Å². The van der Waals surface area contributed by atoms with Crippen molar-refractivity contribution in [3.8, 4) is 0 Å². The van der Waals surface area contributed by atoms with E-state index in [0.29, 0.717) is 11.2 Å². The van der Waals surface area contributed by atoms with Crippen LogP contribution in [0.5, 0.6) is 0 Å². The smallest absolute Gasteiger partial charge is 0.354 e. The molecular weight excluding hydrogens is 222 g/mol. The molecule has 1 unspecified atom stereocenters. The van der Waals surface area contributed by atoms with Crippen molar-refractivity contribution in [1.82, 2.24) is 4.98 Å². The molecule has 0 amide bonds. The first-order valence-electron chi connectivity index (χ1n) is 5.30. The van der Waals surface area contributed by atoms with E-state index in [-0.39, 0.29) is 5.69 Å². The largest absolute Gasteiger partial charge is 0.477 e. The highest BCUT2D eigenvalue weighted by molar-refractivity contribution is 7.99. The summed E-state index contributed by atoms with van der Waals surface area (Å²) in [4.78, 5) is 14.5. The maximum atomic E-state index is 10.7. The lowest BCUT2D eigenvalue weighted by Gasteiger charge is -2.14. The molecule has 0 fully saturated rings. The molecule has 0 spiro atoms. The highest BCUT2D eigenvalue weighted by atomic mass is 32.2. The molecule has 0 bridgehead atoms. The Morgan fingerprint density at radius 3 is 2.75 bits per heavy atom. The van der Waals surface area contributed by atoms with E-state index in [1.165, 1.54) is 0 Å². The van der Waals surface area contributed by atoms with Crippen LogP contribution in [0.25, 0.3) is 0 Å². The van der Waals surface area contributed by atoms with E-state index in [4.69, 9.17) is 5.11 Å². The van der Waals surface area contributed by atoms with Gasteiger partial charge in [0, 0.05) is 17.2 Å². The molecule has 0 aliphatic carbocycles. The minimum Gasteiger partial charge on any atom is -0.477 e. The quantitative estimate of drug-likeness (QED) is 0.858. The Morgan fingerprint density at radius 1 is 1.50 bits per heavy atom. The molecule has 88 valence electrons. The van der Waals surface area contributed by atoms with Crippen LogP contribution in [0, 0.1) is 5.92 Å². The second kappa shape index (κ2) is 5.89. The highest BCUT2D eigenvalue weighted by Gasteiger charge is 2.09. The van der Waals surface area contributed by atoms with Crippen LogP contribution in [0.2, 0.25) is 0 Å². The van der Waals surface area contributed by atoms with Gasteiger partial charge in [-0.15, -0.1) is 0 Å². The molecule has 0 aromatic carbocycles. The number of aromatic carboxylic acids is 1. The first kappa shape index (κ1) is 13.0. The van der Waals surface area contributed by atoms with Gasteiger partial charge in [0.2, 0.25) is 0 Å². The number of rotatable bonds is 5. The van der Waals surface area contributed by atoms with Crippen LogP contribution < -0.4 is 0 Å². The average Bonchev–Trinajstić information content (AvgIpc) is 2.26. The molecule has 1 rings (SSSR count). The van der Waals surface area contributed by atoms with Crippen molar-refractivity contribution >= 4 is 17.7 Å². The Balaban J connectivity index is 2.61. The number of nitrogens with zero attached hydrogens (tertiary/aromatic N) is 1. The lowest BCUT2D eigenvalue weighted by atomic mass is 10.2. The van der Waals surface area contributed by atoms with E-state index in [1.807, 2.05) is 17.8 Å². The Kier molecular flexibility index (Phi) is 4.80. The van der Waals surface area contributed by atoms with Gasteiger partial charge in [-0.2, -0.15) is 11.8 Å². The molecule has 16 heavy (non-hydrogen) atoms. The molecule has 3 nitrogen and oxygen atoms in total. The number of carboxylic acids is 1. The molecule has 1 heterocycles. The van der Waals surface area contributed by atoms with Crippen LogP contribution in [0.4, 0.5) is 0 Å². The summed E-state index contributed by atoms with van der Waals surface area (Å²) in [5, 5.41) is 9.38. The van der Waals surface area contributed by atoms with E-state index in [9.17, 15) is 4.79 Å². The van der Waals surface area contributed by atoms with Crippen molar-refractivity contribution in [2.75, 3.05) is 0 Å². The van der Waals surface area contributed by atoms with Gasteiger partial charge in [-0.25, -0.2) is 9.78 Å². The minimum absolute atomic E-state index is 0.121. The first-order chi connectivity index (χ1) is 7.50. The number of aromatic nitrogens is 1. The molecule has 1 aromatic rings. The van der Waals surface area contributed by atoms with Gasteiger partial charge in [-0.3, -0.25) is 0 Å². The third-order valence-corrected chi connectivity index (χ3v) is 4.07. The number of carbonyl (C=O) groups is 1.